The summed E-state index contributed by atoms with van der Waals surface area (Å²) in [5, 5.41) is 0. The summed E-state index contributed by atoms with van der Waals surface area (Å²) in [5.74, 6) is 0.249. The molecular weight excluding hydrogens is 226 g/mol. The third-order valence-corrected chi connectivity index (χ3v) is 4.83. The van der Waals surface area contributed by atoms with Crippen LogP contribution in [0.4, 0.5) is 0 Å². The molecule has 4 heteroatoms. The van der Waals surface area contributed by atoms with E-state index in [9.17, 15) is 4.79 Å². The van der Waals surface area contributed by atoms with Crippen molar-refractivity contribution in [2.45, 2.75) is 56.5 Å². The predicted octanol–water partition coefficient (Wildman–Crippen LogP) is 1.20. The van der Waals surface area contributed by atoms with Crippen molar-refractivity contribution in [2.75, 3.05) is 27.2 Å². The molecule has 2 rings (SSSR count). The number of hydrogen-bond acceptors (Lipinski definition) is 3. The topological polar surface area (TPSA) is 49.6 Å². The summed E-state index contributed by atoms with van der Waals surface area (Å²) in [6.45, 7) is 1.19. The highest BCUT2D eigenvalue weighted by molar-refractivity contribution is 5.78. The molecule has 2 N–H and O–H groups in total. The maximum atomic E-state index is 12.2. The maximum absolute atomic E-state index is 12.2. The van der Waals surface area contributed by atoms with Crippen LogP contribution in [0.5, 0.6) is 0 Å². The van der Waals surface area contributed by atoms with Gasteiger partial charge in [0.1, 0.15) is 0 Å². The van der Waals surface area contributed by atoms with E-state index in [1.54, 1.807) is 0 Å². The SMILES string of the molecule is CN(C(=O)CN(C)C1(CN)CCCCC1)C1CC1. The largest absolute Gasteiger partial charge is 0.342 e. The molecule has 0 aromatic heterocycles. The highest BCUT2D eigenvalue weighted by Gasteiger charge is 2.37. The molecule has 2 fully saturated rings. The van der Waals surface area contributed by atoms with Gasteiger partial charge in [0.25, 0.3) is 0 Å². The number of amides is 1. The minimum Gasteiger partial charge on any atom is -0.342 e. The first-order valence-electron chi connectivity index (χ1n) is 7.26. The molecule has 0 heterocycles. The molecule has 0 aromatic carbocycles. The van der Waals surface area contributed by atoms with E-state index in [4.69, 9.17) is 5.73 Å². The molecule has 2 aliphatic carbocycles. The van der Waals surface area contributed by atoms with Gasteiger partial charge < -0.3 is 10.6 Å². The van der Waals surface area contributed by atoms with E-state index in [-0.39, 0.29) is 11.4 Å². The van der Waals surface area contributed by atoms with Gasteiger partial charge in [-0.15, -0.1) is 0 Å². The number of hydrogen-bond donors (Lipinski definition) is 1. The van der Waals surface area contributed by atoms with Crippen LogP contribution in [-0.2, 0) is 4.79 Å². The van der Waals surface area contributed by atoms with Crippen LogP contribution < -0.4 is 5.73 Å². The average molecular weight is 253 g/mol. The van der Waals surface area contributed by atoms with Gasteiger partial charge in [0.2, 0.25) is 5.91 Å². The van der Waals surface area contributed by atoms with Gasteiger partial charge >= 0.3 is 0 Å². The number of likely N-dealkylation sites (N-methyl/N-ethyl adjacent to an activating group) is 2. The minimum absolute atomic E-state index is 0.0678. The zero-order chi connectivity index (χ0) is 13.2. The molecule has 0 unspecified atom stereocenters. The Hall–Kier alpha value is -0.610. The third kappa shape index (κ3) is 2.86. The summed E-state index contributed by atoms with van der Waals surface area (Å²) in [5.41, 5.74) is 6.06. The zero-order valence-corrected chi connectivity index (χ0v) is 11.8. The molecule has 18 heavy (non-hydrogen) atoms. The third-order valence-electron chi connectivity index (χ3n) is 4.83. The van der Waals surface area contributed by atoms with Crippen molar-refractivity contribution < 1.29 is 4.79 Å². The Bertz CT molecular complexity index is 295. The molecular formula is C14H27N3O. The van der Waals surface area contributed by atoms with Gasteiger partial charge in [-0.05, 0) is 32.7 Å². The second-order valence-electron chi connectivity index (χ2n) is 6.08. The number of nitrogens with zero attached hydrogens (tertiary/aromatic N) is 2. The highest BCUT2D eigenvalue weighted by Crippen LogP contribution is 2.32. The van der Waals surface area contributed by atoms with Crippen molar-refractivity contribution in [3.05, 3.63) is 0 Å². The van der Waals surface area contributed by atoms with Gasteiger partial charge in [0.15, 0.2) is 0 Å². The Morgan fingerprint density at radius 3 is 2.33 bits per heavy atom. The minimum atomic E-state index is 0.0678. The molecule has 0 atom stereocenters. The molecule has 2 aliphatic rings. The fraction of sp³-hybridized carbons (Fsp3) is 0.929. The van der Waals surface area contributed by atoms with E-state index in [2.05, 4.69) is 11.9 Å². The van der Waals surface area contributed by atoms with Gasteiger partial charge in [0, 0.05) is 25.2 Å². The lowest BCUT2D eigenvalue weighted by atomic mass is 9.80. The Labute approximate surface area is 110 Å². The van der Waals surface area contributed by atoms with Gasteiger partial charge in [-0.3, -0.25) is 9.69 Å². The fourth-order valence-corrected chi connectivity index (χ4v) is 3.10. The second-order valence-corrected chi connectivity index (χ2v) is 6.08. The maximum Gasteiger partial charge on any atom is 0.236 e. The number of rotatable bonds is 5. The van der Waals surface area contributed by atoms with Crippen molar-refractivity contribution in [3.8, 4) is 0 Å². The Balaban J connectivity index is 1.91. The van der Waals surface area contributed by atoms with Crippen LogP contribution in [0.25, 0.3) is 0 Å². The van der Waals surface area contributed by atoms with Crippen LogP contribution >= 0.6 is 0 Å². The Morgan fingerprint density at radius 2 is 1.83 bits per heavy atom. The summed E-state index contributed by atoms with van der Waals surface area (Å²) in [6.07, 6.45) is 8.43. The van der Waals surface area contributed by atoms with Gasteiger partial charge in [0.05, 0.1) is 6.54 Å². The molecule has 104 valence electrons. The normalized spacial score (nSPS) is 23.1. The molecule has 1 amide bonds. The van der Waals surface area contributed by atoms with Gasteiger partial charge in [-0.2, -0.15) is 0 Å². The standard InChI is InChI=1S/C14H27N3O/c1-16(10-13(18)17(2)12-6-7-12)14(11-15)8-4-3-5-9-14/h12H,3-11,15H2,1-2H3. The fourth-order valence-electron chi connectivity index (χ4n) is 3.10. The van der Waals surface area contributed by atoms with E-state index in [0.717, 1.165) is 12.8 Å². The first kappa shape index (κ1) is 13.8. The van der Waals surface area contributed by atoms with Crippen molar-refractivity contribution in [1.82, 2.24) is 9.80 Å². The van der Waals surface area contributed by atoms with Crippen LogP contribution in [0.1, 0.15) is 44.9 Å². The Morgan fingerprint density at radius 1 is 1.22 bits per heavy atom. The lowest BCUT2D eigenvalue weighted by Crippen LogP contribution is -2.56. The van der Waals surface area contributed by atoms with Crippen LogP contribution in [0, 0.1) is 0 Å². The van der Waals surface area contributed by atoms with E-state index in [1.165, 1.54) is 32.1 Å². The molecule has 0 spiro atoms. The van der Waals surface area contributed by atoms with E-state index in [0.29, 0.717) is 19.1 Å². The van der Waals surface area contributed by atoms with E-state index < -0.39 is 0 Å². The van der Waals surface area contributed by atoms with E-state index >= 15 is 0 Å². The summed E-state index contributed by atoms with van der Waals surface area (Å²) >= 11 is 0. The first-order chi connectivity index (χ1) is 8.59. The summed E-state index contributed by atoms with van der Waals surface area (Å²) in [4.78, 5) is 16.3. The van der Waals surface area contributed by atoms with Crippen molar-refractivity contribution in [2.24, 2.45) is 5.73 Å². The van der Waals surface area contributed by atoms with Gasteiger partial charge in [-0.25, -0.2) is 0 Å². The number of carbonyl (C=O) groups excluding carboxylic acids is 1. The molecule has 2 saturated carbocycles. The van der Waals surface area contributed by atoms with Crippen LogP contribution in [0.3, 0.4) is 0 Å². The monoisotopic (exact) mass is 253 g/mol. The van der Waals surface area contributed by atoms with Crippen LogP contribution in [-0.4, -0.2) is 54.5 Å². The lowest BCUT2D eigenvalue weighted by molar-refractivity contribution is -0.133. The first-order valence-corrected chi connectivity index (χ1v) is 7.26. The number of nitrogens with two attached hydrogens (primary N) is 1. The van der Waals surface area contributed by atoms with Crippen molar-refractivity contribution >= 4 is 5.91 Å². The molecule has 4 nitrogen and oxygen atoms in total. The summed E-state index contributed by atoms with van der Waals surface area (Å²) in [7, 11) is 4.00. The number of carbonyl (C=O) groups is 1. The van der Waals surface area contributed by atoms with Crippen molar-refractivity contribution in [3.63, 3.8) is 0 Å². The second kappa shape index (κ2) is 5.57. The van der Waals surface area contributed by atoms with E-state index in [1.807, 2.05) is 11.9 Å². The molecule has 0 saturated heterocycles. The van der Waals surface area contributed by atoms with Crippen molar-refractivity contribution in [1.29, 1.82) is 0 Å². The lowest BCUT2D eigenvalue weighted by Gasteiger charge is -2.44. The quantitative estimate of drug-likeness (QED) is 0.801. The Kier molecular flexibility index (Phi) is 4.28. The summed E-state index contributed by atoms with van der Waals surface area (Å²) < 4.78 is 0. The van der Waals surface area contributed by atoms with Crippen LogP contribution in [0.15, 0.2) is 0 Å². The molecule has 0 bridgehead atoms. The van der Waals surface area contributed by atoms with Gasteiger partial charge in [-0.1, -0.05) is 19.3 Å². The molecule has 0 radical (unpaired) electrons. The average Bonchev–Trinajstić information content (AvgIpc) is 3.22. The van der Waals surface area contributed by atoms with Crippen LogP contribution in [0.2, 0.25) is 0 Å². The predicted molar refractivity (Wildman–Crippen MR) is 73.3 cm³/mol. The molecule has 0 aliphatic heterocycles. The summed E-state index contributed by atoms with van der Waals surface area (Å²) in [6, 6.07) is 0.506. The molecule has 0 aromatic rings. The zero-order valence-electron chi connectivity index (χ0n) is 11.8. The highest BCUT2D eigenvalue weighted by atomic mass is 16.2. The smallest absolute Gasteiger partial charge is 0.236 e.